The highest BCUT2D eigenvalue weighted by molar-refractivity contribution is 6.14. The van der Waals surface area contributed by atoms with E-state index in [0.717, 1.165) is 11.1 Å². The number of hydrogen-bond acceptors (Lipinski definition) is 1. The van der Waals surface area contributed by atoms with E-state index >= 15 is 0 Å². The highest BCUT2D eigenvalue weighted by atomic mass is 14.4. The molecule has 0 unspecified atom stereocenters. The lowest BCUT2D eigenvalue weighted by Crippen LogP contribution is -2.01. The lowest BCUT2D eigenvalue weighted by Gasteiger charge is -2.05. The van der Waals surface area contributed by atoms with Gasteiger partial charge in [-0.1, -0.05) is 103 Å². The molecule has 0 aliphatic carbocycles. The molecule has 126 valence electrons. The Kier molecular flexibility index (Phi) is 35.3. The molecule has 1 nitrogen and oxygen atoms in total. The number of rotatable bonds is 6. The molecule has 0 fully saturated rings. The van der Waals surface area contributed by atoms with E-state index in [-0.39, 0.29) is 0 Å². The van der Waals surface area contributed by atoms with Crippen LogP contribution in [0.1, 0.15) is 55.4 Å². The Hall–Kier alpha value is -1.89. The van der Waals surface area contributed by atoms with Crippen LogP contribution in [0.4, 0.5) is 0 Å². The molecule has 0 radical (unpaired) electrons. The molecule has 0 bridgehead atoms. The van der Waals surface area contributed by atoms with Crippen molar-refractivity contribution in [1.29, 1.82) is 5.41 Å². The fraction of sp³-hybridized carbons (Fsp3) is 0.381. The smallest absolute Gasteiger partial charge is 0.0684 e. The van der Waals surface area contributed by atoms with E-state index in [2.05, 4.69) is 13.2 Å². The maximum Gasteiger partial charge on any atom is 0.0684 e. The van der Waals surface area contributed by atoms with Crippen molar-refractivity contribution >= 4 is 5.71 Å². The first-order valence-electron chi connectivity index (χ1n) is 8.21. The van der Waals surface area contributed by atoms with Crippen molar-refractivity contribution in [1.82, 2.24) is 0 Å². The fourth-order valence-corrected chi connectivity index (χ4v) is 1.22. The van der Waals surface area contributed by atoms with Gasteiger partial charge in [0, 0.05) is 0 Å². The van der Waals surface area contributed by atoms with Crippen LogP contribution < -0.4 is 0 Å². The molecule has 1 N–H and O–H groups in total. The van der Waals surface area contributed by atoms with Gasteiger partial charge in [0.1, 0.15) is 0 Å². The van der Waals surface area contributed by atoms with Gasteiger partial charge in [-0.2, -0.15) is 0 Å². The Morgan fingerprint density at radius 3 is 1.14 bits per heavy atom. The number of allylic oxidation sites excluding steroid dienone is 10. The van der Waals surface area contributed by atoms with Gasteiger partial charge in [-0.15, -0.1) is 0 Å². The summed E-state index contributed by atoms with van der Waals surface area (Å²) in [6.07, 6.45) is 14.6. The van der Waals surface area contributed by atoms with E-state index in [1.54, 1.807) is 12.2 Å². The summed E-state index contributed by atoms with van der Waals surface area (Å²) in [5.41, 5.74) is 2.14. The Morgan fingerprint density at radius 2 is 0.955 bits per heavy atom. The van der Waals surface area contributed by atoms with Gasteiger partial charge in [0.2, 0.25) is 0 Å². The Bertz CT molecular complexity index is 341. The molecule has 0 aromatic carbocycles. The van der Waals surface area contributed by atoms with Crippen LogP contribution in [0.15, 0.2) is 72.9 Å². The maximum absolute atomic E-state index is 8.08. The predicted molar refractivity (Wildman–Crippen MR) is 108 cm³/mol. The molecule has 0 aliphatic rings. The van der Waals surface area contributed by atoms with Crippen LogP contribution in [0.3, 0.4) is 0 Å². The van der Waals surface area contributed by atoms with Crippen molar-refractivity contribution in [2.45, 2.75) is 55.4 Å². The summed E-state index contributed by atoms with van der Waals surface area (Å²) in [7, 11) is 0. The highest BCUT2D eigenvalue weighted by Gasteiger charge is 2.04. The van der Waals surface area contributed by atoms with Crippen molar-refractivity contribution < 1.29 is 0 Å². The largest absolute Gasteiger partial charge is 0.300 e. The van der Waals surface area contributed by atoms with E-state index in [9.17, 15) is 0 Å². The van der Waals surface area contributed by atoms with E-state index in [0.29, 0.717) is 5.71 Å². The van der Waals surface area contributed by atoms with Crippen molar-refractivity contribution in [2.24, 2.45) is 0 Å². The van der Waals surface area contributed by atoms with Gasteiger partial charge in [-0.05, 0) is 25.0 Å². The van der Waals surface area contributed by atoms with Crippen molar-refractivity contribution in [3.05, 3.63) is 72.9 Å². The van der Waals surface area contributed by atoms with Crippen LogP contribution in [-0.4, -0.2) is 5.71 Å². The Morgan fingerprint density at radius 1 is 0.682 bits per heavy atom. The molecule has 0 aromatic rings. The molecule has 0 spiro atoms. The summed E-state index contributed by atoms with van der Waals surface area (Å²) < 4.78 is 0. The van der Waals surface area contributed by atoms with Crippen LogP contribution in [0.25, 0.3) is 0 Å². The zero-order valence-corrected chi connectivity index (χ0v) is 16.0. The molecule has 0 rings (SSSR count). The topological polar surface area (TPSA) is 23.9 Å². The minimum absolute atomic E-state index is 0.469. The van der Waals surface area contributed by atoms with Crippen LogP contribution in [-0.2, 0) is 0 Å². The normalized spacial score (nSPS) is 10.5. The average Bonchev–Trinajstić information content (AvgIpc) is 2.59. The van der Waals surface area contributed by atoms with Crippen LogP contribution in [0.2, 0.25) is 0 Å². The first-order valence-corrected chi connectivity index (χ1v) is 8.21. The lowest BCUT2D eigenvalue weighted by molar-refractivity contribution is 1.46. The molecule has 0 amide bonds. The predicted octanol–water partition coefficient (Wildman–Crippen LogP) is 7.46. The molecule has 0 aliphatic heterocycles. The third-order valence-corrected chi connectivity index (χ3v) is 1.86. The molecular formula is C21H37N. The Balaban J connectivity index is -0.000000238. The summed E-state index contributed by atoms with van der Waals surface area (Å²) in [5.74, 6) is 0. The number of hydrogen-bond donors (Lipinski definition) is 1. The summed E-state index contributed by atoms with van der Waals surface area (Å²) in [6.45, 7) is 23.2. The quantitative estimate of drug-likeness (QED) is 0.389. The van der Waals surface area contributed by atoms with Gasteiger partial charge in [0.05, 0.1) is 5.71 Å². The van der Waals surface area contributed by atoms with E-state index in [1.807, 2.05) is 91.8 Å². The molecule has 0 heterocycles. The van der Waals surface area contributed by atoms with Gasteiger partial charge < -0.3 is 0 Å². The zero-order valence-electron chi connectivity index (χ0n) is 16.0. The van der Waals surface area contributed by atoms with Gasteiger partial charge in [-0.3, -0.25) is 5.41 Å². The molecule has 0 saturated carbocycles. The van der Waals surface area contributed by atoms with Gasteiger partial charge in [-0.25, -0.2) is 0 Å². The maximum atomic E-state index is 8.08. The monoisotopic (exact) mass is 303 g/mol. The second-order valence-electron chi connectivity index (χ2n) is 3.09. The average molecular weight is 304 g/mol. The first-order chi connectivity index (χ1) is 10.7. The highest BCUT2D eigenvalue weighted by Crippen LogP contribution is 2.10. The van der Waals surface area contributed by atoms with Gasteiger partial charge in [0.15, 0.2) is 0 Å². The summed E-state index contributed by atoms with van der Waals surface area (Å²) in [5, 5.41) is 8.08. The molecule has 0 aromatic heterocycles. The summed E-state index contributed by atoms with van der Waals surface area (Å²) >= 11 is 0. The van der Waals surface area contributed by atoms with Crippen LogP contribution in [0, 0.1) is 5.41 Å². The van der Waals surface area contributed by atoms with Gasteiger partial charge >= 0.3 is 0 Å². The molecular weight excluding hydrogens is 266 g/mol. The zero-order chi connectivity index (χ0) is 18.4. The van der Waals surface area contributed by atoms with E-state index in [1.165, 1.54) is 0 Å². The Labute approximate surface area is 140 Å². The van der Waals surface area contributed by atoms with Crippen LogP contribution in [0.5, 0.6) is 0 Å². The fourth-order valence-electron chi connectivity index (χ4n) is 1.22. The van der Waals surface area contributed by atoms with E-state index in [4.69, 9.17) is 5.41 Å². The minimum Gasteiger partial charge on any atom is -0.300 e. The van der Waals surface area contributed by atoms with Gasteiger partial charge in [0.25, 0.3) is 0 Å². The SMILES string of the molecule is C=C/C=C(\C=C/C)C(=N)C(/C=C\C)=C/C=C.CC.CC.CC. The first kappa shape index (κ1) is 28.3. The molecule has 0 saturated heterocycles. The third-order valence-electron chi connectivity index (χ3n) is 1.86. The minimum atomic E-state index is 0.469. The van der Waals surface area contributed by atoms with Crippen molar-refractivity contribution in [3.63, 3.8) is 0 Å². The third kappa shape index (κ3) is 16.2. The standard InChI is InChI=1S/C15H19N.3C2H6/c1-5-9-13(10-6-2)15(16)14(11-7-3)12-8-4;3*1-2/h5-12,16H,1,3H2,2,4H3;3*1-2H3/b10-6-,12-8-,13-9+,14-11+;;;. The van der Waals surface area contributed by atoms with Crippen LogP contribution >= 0.6 is 0 Å². The lowest BCUT2D eigenvalue weighted by atomic mass is 10.0. The molecule has 22 heavy (non-hydrogen) atoms. The van der Waals surface area contributed by atoms with Crippen molar-refractivity contribution in [2.75, 3.05) is 0 Å². The van der Waals surface area contributed by atoms with E-state index < -0.39 is 0 Å². The molecule has 1 heteroatoms. The second-order valence-corrected chi connectivity index (χ2v) is 3.09. The number of nitrogens with one attached hydrogen (secondary N) is 1. The van der Waals surface area contributed by atoms with Crippen molar-refractivity contribution in [3.8, 4) is 0 Å². The summed E-state index contributed by atoms with van der Waals surface area (Å²) in [4.78, 5) is 0. The second kappa shape index (κ2) is 27.5. The molecule has 0 atom stereocenters. The summed E-state index contributed by atoms with van der Waals surface area (Å²) in [6, 6.07) is 0.